The number of ether oxygens (including phenoxy) is 1. The number of benzene rings is 1. The van der Waals surface area contributed by atoms with E-state index in [2.05, 4.69) is 17.6 Å². The van der Waals surface area contributed by atoms with Gasteiger partial charge in [-0.3, -0.25) is 4.79 Å². The number of carbonyl (C=O) groups is 1. The van der Waals surface area contributed by atoms with Crippen LogP contribution in [0, 0.1) is 0 Å². The zero-order valence-corrected chi connectivity index (χ0v) is 10.8. The summed E-state index contributed by atoms with van der Waals surface area (Å²) in [4.78, 5) is 11.1. The third-order valence-corrected chi connectivity index (χ3v) is 2.46. The van der Waals surface area contributed by atoms with Crippen molar-refractivity contribution < 1.29 is 14.6 Å². The Morgan fingerprint density at radius 2 is 2.17 bits per heavy atom. The van der Waals surface area contributed by atoms with Gasteiger partial charge in [-0.2, -0.15) is 0 Å². The van der Waals surface area contributed by atoms with Crippen LogP contribution in [0.4, 0.5) is 11.4 Å². The molecule has 0 bridgehead atoms. The predicted molar refractivity (Wildman–Crippen MR) is 71.7 cm³/mol. The number of rotatable bonds is 7. The Balaban J connectivity index is 2.56. The molecule has 1 aromatic carbocycles. The minimum absolute atomic E-state index is 0.286. The molecule has 0 saturated carbocycles. The molecule has 0 aromatic heterocycles. The summed E-state index contributed by atoms with van der Waals surface area (Å²) in [6, 6.07) is 7.67. The molecule has 5 nitrogen and oxygen atoms in total. The van der Waals surface area contributed by atoms with Gasteiger partial charge in [-0.25, -0.2) is 0 Å². The summed E-state index contributed by atoms with van der Waals surface area (Å²) >= 11 is 0. The van der Waals surface area contributed by atoms with Crippen molar-refractivity contribution in [2.45, 2.75) is 19.4 Å². The van der Waals surface area contributed by atoms with E-state index in [4.69, 9.17) is 9.84 Å². The van der Waals surface area contributed by atoms with Crippen LogP contribution >= 0.6 is 0 Å². The zero-order valence-electron chi connectivity index (χ0n) is 10.8. The second-order valence-electron chi connectivity index (χ2n) is 4.11. The molecule has 1 aromatic rings. The summed E-state index contributed by atoms with van der Waals surface area (Å²) in [5.74, 6) is -0.417. The molecule has 0 radical (unpaired) electrons. The maximum atomic E-state index is 11.1. The normalized spacial score (nSPS) is 11.9. The van der Waals surface area contributed by atoms with Gasteiger partial charge in [0, 0.05) is 31.1 Å². The van der Waals surface area contributed by atoms with Crippen LogP contribution in [-0.2, 0) is 9.53 Å². The van der Waals surface area contributed by atoms with E-state index in [1.807, 2.05) is 18.2 Å². The van der Waals surface area contributed by atoms with E-state index >= 15 is 0 Å². The molecule has 18 heavy (non-hydrogen) atoms. The van der Waals surface area contributed by atoms with E-state index in [9.17, 15) is 4.79 Å². The van der Waals surface area contributed by atoms with Crippen LogP contribution in [-0.4, -0.2) is 37.4 Å². The number of methoxy groups -OCH3 is 1. The van der Waals surface area contributed by atoms with Crippen molar-refractivity contribution in [2.24, 2.45) is 0 Å². The number of anilines is 2. The number of aliphatic hydroxyl groups excluding tert-OH is 1. The molecule has 0 aliphatic heterocycles. The Bertz CT molecular complexity index is 382. The number of amides is 1. The highest BCUT2D eigenvalue weighted by atomic mass is 16.5. The smallest absolute Gasteiger partial charge is 0.250 e. The lowest BCUT2D eigenvalue weighted by Gasteiger charge is -2.15. The van der Waals surface area contributed by atoms with Gasteiger partial charge in [0.25, 0.3) is 0 Å². The van der Waals surface area contributed by atoms with Crippen LogP contribution < -0.4 is 10.6 Å². The van der Waals surface area contributed by atoms with Crippen molar-refractivity contribution in [1.29, 1.82) is 0 Å². The lowest BCUT2D eigenvalue weighted by Crippen LogP contribution is -2.18. The van der Waals surface area contributed by atoms with Gasteiger partial charge in [0.1, 0.15) is 6.61 Å². The first-order valence-corrected chi connectivity index (χ1v) is 5.92. The van der Waals surface area contributed by atoms with Crippen molar-refractivity contribution in [3.8, 4) is 0 Å². The molecule has 3 N–H and O–H groups in total. The topological polar surface area (TPSA) is 70.6 Å². The van der Waals surface area contributed by atoms with E-state index in [0.717, 1.165) is 12.1 Å². The van der Waals surface area contributed by atoms with E-state index in [1.165, 1.54) is 0 Å². The molecule has 0 fully saturated rings. The SMILES string of the molecule is COCCC(C)Nc1cccc(NC(=O)CO)c1. The van der Waals surface area contributed by atoms with Gasteiger partial charge in [0.2, 0.25) is 5.91 Å². The first-order valence-electron chi connectivity index (χ1n) is 5.92. The third kappa shape index (κ3) is 5.16. The number of hydrogen-bond acceptors (Lipinski definition) is 4. The Kier molecular flexibility index (Phi) is 6.18. The molecule has 1 rings (SSSR count). The molecule has 5 heteroatoms. The standard InChI is InChI=1S/C13H20N2O3/c1-10(6-7-18-2)14-11-4-3-5-12(8-11)15-13(17)9-16/h3-5,8,10,14,16H,6-7,9H2,1-2H3,(H,15,17). The molecule has 1 amide bonds. The van der Waals surface area contributed by atoms with E-state index in [1.54, 1.807) is 13.2 Å². The van der Waals surface area contributed by atoms with E-state index in [0.29, 0.717) is 12.3 Å². The highest BCUT2D eigenvalue weighted by Crippen LogP contribution is 2.16. The van der Waals surface area contributed by atoms with Gasteiger partial charge in [0.05, 0.1) is 0 Å². The van der Waals surface area contributed by atoms with Crippen molar-refractivity contribution in [2.75, 3.05) is 31.0 Å². The maximum absolute atomic E-state index is 11.1. The van der Waals surface area contributed by atoms with Gasteiger partial charge in [-0.15, -0.1) is 0 Å². The average Bonchev–Trinajstić information content (AvgIpc) is 2.36. The second kappa shape index (κ2) is 7.68. The molecular formula is C13H20N2O3. The fourth-order valence-electron chi connectivity index (χ4n) is 1.54. The lowest BCUT2D eigenvalue weighted by molar-refractivity contribution is -0.118. The molecule has 0 heterocycles. The fourth-order valence-corrected chi connectivity index (χ4v) is 1.54. The summed E-state index contributed by atoms with van der Waals surface area (Å²) in [5, 5.41) is 14.6. The zero-order chi connectivity index (χ0) is 13.4. The van der Waals surface area contributed by atoms with Crippen molar-refractivity contribution >= 4 is 17.3 Å². The van der Waals surface area contributed by atoms with Crippen LogP contribution in [0.5, 0.6) is 0 Å². The summed E-state index contributed by atoms with van der Waals surface area (Å²) in [7, 11) is 1.68. The van der Waals surface area contributed by atoms with Crippen LogP contribution in [0.25, 0.3) is 0 Å². The lowest BCUT2D eigenvalue weighted by atomic mass is 10.2. The first-order chi connectivity index (χ1) is 8.65. The molecular weight excluding hydrogens is 232 g/mol. The first kappa shape index (κ1) is 14.5. The average molecular weight is 252 g/mol. The van der Waals surface area contributed by atoms with Gasteiger partial charge < -0.3 is 20.5 Å². The van der Waals surface area contributed by atoms with Gasteiger partial charge in [-0.05, 0) is 31.5 Å². The maximum Gasteiger partial charge on any atom is 0.250 e. The third-order valence-electron chi connectivity index (χ3n) is 2.46. The minimum atomic E-state index is -0.512. The van der Waals surface area contributed by atoms with Crippen LogP contribution in [0.15, 0.2) is 24.3 Å². The molecule has 0 aliphatic carbocycles. The van der Waals surface area contributed by atoms with Crippen LogP contribution in [0.2, 0.25) is 0 Å². The van der Waals surface area contributed by atoms with Crippen LogP contribution in [0.3, 0.4) is 0 Å². The molecule has 1 atom stereocenters. The second-order valence-corrected chi connectivity index (χ2v) is 4.11. The molecule has 0 spiro atoms. The quantitative estimate of drug-likeness (QED) is 0.687. The van der Waals surface area contributed by atoms with Crippen LogP contribution in [0.1, 0.15) is 13.3 Å². The summed E-state index contributed by atoms with van der Waals surface area (Å²) < 4.78 is 5.02. The predicted octanol–water partition coefficient (Wildman–Crippen LogP) is 1.45. The summed E-state index contributed by atoms with van der Waals surface area (Å²) in [5.41, 5.74) is 1.59. The highest BCUT2D eigenvalue weighted by Gasteiger charge is 2.04. The minimum Gasteiger partial charge on any atom is -0.387 e. The number of nitrogens with one attached hydrogen (secondary N) is 2. The highest BCUT2D eigenvalue weighted by molar-refractivity contribution is 5.91. The Hall–Kier alpha value is -1.59. The molecule has 100 valence electrons. The largest absolute Gasteiger partial charge is 0.387 e. The Morgan fingerprint density at radius 1 is 1.44 bits per heavy atom. The summed E-state index contributed by atoms with van der Waals surface area (Å²) in [6.45, 7) is 2.26. The fraction of sp³-hybridized carbons (Fsp3) is 0.462. The van der Waals surface area contributed by atoms with Crippen molar-refractivity contribution in [3.05, 3.63) is 24.3 Å². The molecule has 1 unspecified atom stereocenters. The summed E-state index contributed by atoms with van der Waals surface area (Å²) in [6.07, 6.45) is 0.906. The number of aliphatic hydroxyl groups is 1. The van der Waals surface area contributed by atoms with Gasteiger partial charge >= 0.3 is 0 Å². The Labute approximate surface area is 107 Å². The number of carbonyl (C=O) groups excluding carboxylic acids is 1. The molecule has 0 saturated heterocycles. The van der Waals surface area contributed by atoms with Gasteiger partial charge in [0.15, 0.2) is 0 Å². The van der Waals surface area contributed by atoms with E-state index < -0.39 is 12.5 Å². The monoisotopic (exact) mass is 252 g/mol. The number of hydrogen-bond donors (Lipinski definition) is 3. The van der Waals surface area contributed by atoms with E-state index in [-0.39, 0.29) is 6.04 Å². The van der Waals surface area contributed by atoms with Crippen molar-refractivity contribution in [1.82, 2.24) is 0 Å². The molecule has 0 aliphatic rings. The Morgan fingerprint density at radius 3 is 2.83 bits per heavy atom. The van der Waals surface area contributed by atoms with Gasteiger partial charge in [-0.1, -0.05) is 6.07 Å². The van der Waals surface area contributed by atoms with Crippen molar-refractivity contribution in [3.63, 3.8) is 0 Å².